The molecule has 0 spiro atoms. The summed E-state index contributed by atoms with van der Waals surface area (Å²) in [5, 5.41) is 0. The van der Waals surface area contributed by atoms with Crippen LogP contribution in [0.5, 0.6) is 17.2 Å². The molecule has 0 aromatic heterocycles. The fourth-order valence-corrected chi connectivity index (χ4v) is 3.53. The smallest absolute Gasteiger partial charge is 0.204 e. The number of unbranched alkanes of at least 4 members (excludes halogenated alkanes) is 1. The summed E-state index contributed by atoms with van der Waals surface area (Å²) in [5.41, 5.74) is 1.35. The van der Waals surface area contributed by atoms with Crippen LogP contribution in [0.4, 0.5) is 13.2 Å². The maximum Gasteiger partial charge on any atom is 0.204 e. The largest absolute Gasteiger partial charge is 0.464 e. The van der Waals surface area contributed by atoms with Crippen molar-refractivity contribution in [1.29, 1.82) is 0 Å². The number of fused-ring (bicyclic) bond motifs is 1. The fourth-order valence-electron chi connectivity index (χ4n) is 3.53. The summed E-state index contributed by atoms with van der Waals surface area (Å²) in [6, 6.07) is 18.4. The van der Waals surface area contributed by atoms with Gasteiger partial charge in [-0.15, -0.1) is 0 Å². The fraction of sp³-hybridized carbons (Fsp3) is 0.250. The Kier molecular flexibility index (Phi) is 6.23. The first-order valence-electron chi connectivity index (χ1n) is 9.85. The van der Waals surface area contributed by atoms with Crippen LogP contribution in [0.1, 0.15) is 36.5 Å². The van der Waals surface area contributed by atoms with Crippen molar-refractivity contribution in [3.8, 4) is 17.2 Å². The highest BCUT2D eigenvalue weighted by Crippen LogP contribution is 2.38. The van der Waals surface area contributed by atoms with Gasteiger partial charge in [-0.2, -0.15) is 4.39 Å². The zero-order valence-corrected chi connectivity index (χ0v) is 16.2. The van der Waals surface area contributed by atoms with Gasteiger partial charge in [-0.25, -0.2) is 8.78 Å². The zero-order chi connectivity index (χ0) is 20.9. The maximum atomic E-state index is 13.9. The van der Waals surface area contributed by atoms with Gasteiger partial charge in [0.25, 0.3) is 0 Å². The molecule has 3 nitrogen and oxygen atoms in total. The van der Waals surface area contributed by atoms with E-state index >= 15 is 0 Å². The van der Waals surface area contributed by atoms with E-state index in [1.54, 1.807) is 0 Å². The monoisotopic (exact) mass is 414 g/mol. The molecular formula is C24H21F3O3. The summed E-state index contributed by atoms with van der Waals surface area (Å²) in [7, 11) is 0. The van der Waals surface area contributed by atoms with Gasteiger partial charge in [0.15, 0.2) is 24.2 Å². The highest BCUT2D eigenvalue weighted by molar-refractivity contribution is 5.39. The zero-order valence-electron chi connectivity index (χ0n) is 16.2. The predicted octanol–water partition coefficient (Wildman–Crippen LogP) is 6.72. The van der Waals surface area contributed by atoms with E-state index in [1.165, 1.54) is 0 Å². The SMILES string of the molecule is Fc1cc2c(c(F)c1F)OCOC2CCCCc1cccc(Oc2ccccc2)c1. The number of hydrogen-bond acceptors (Lipinski definition) is 3. The minimum absolute atomic E-state index is 0.182. The molecule has 3 aromatic rings. The van der Waals surface area contributed by atoms with Crippen LogP contribution in [0.15, 0.2) is 60.7 Å². The minimum atomic E-state index is -1.52. The standard InChI is InChI=1S/C24H21F3O3/c25-20-14-19-21(28-15-29-24(19)23(27)22(20)26)12-5-4-7-16-8-6-11-18(13-16)30-17-9-2-1-3-10-17/h1-3,6,8-11,13-14,21H,4-5,7,12,15H2. The number of aryl methyl sites for hydroxylation is 1. The van der Waals surface area contributed by atoms with Gasteiger partial charge in [0.2, 0.25) is 5.82 Å². The Morgan fingerprint density at radius 2 is 1.67 bits per heavy atom. The lowest BCUT2D eigenvalue weighted by Gasteiger charge is -2.26. The molecule has 3 aromatic carbocycles. The van der Waals surface area contributed by atoms with Gasteiger partial charge in [-0.3, -0.25) is 0 Å². The molecule has 0 aliphatic carbocycles. The average Bonchev–Trinajstić information content (AvgIpc) is 2.76. The first-order chi connectivity index (χ1) is 14.6. The van der Waals surface area contributed by atoms with Gasteiger partial charge in [0.1, 0.15) is 11.5 Å². The Hall–Kier alpha value is -2.99. The lowest BCUT2D eigenvalue weighted by Crippen LogP contribution is -2.19. The van der Waals surface area contributed by atoms with Gasteiger partial charge in [-0.05, 0) is 55.2 Å². The van der Waals surface area contributed by atoms with Crippen LogP contribution in [0.3, 0.4) is 0 Å². The van der Waals surface area contributed by atoms with Crippen LogP contribution in [0.2, 0.25) is 0 Å². The molecule has 1 aliphatic rings. The van der Waals surface area contributed by atoms with Gasteiger partial charge in [0.05, 0.1) is 6.10 Å². The third kappa shape index (κ3) is 4.60. The number of rotatable bonds is 7. The van der Waals surface area contributed by atoms with E-state index in [0.29, 0.717) is 6.42 Å². The Bertz CT molecular complexity index is 1010. The van der Waals surface area contributed by atoms with Crippen LogP contribution in [0.25, 0.3) is 0 Å². The third-order valence-corrected chi connectivity index (χ3v) is 5.02. The van der Waals surface area contributed by atoms with Gasteiger partial charge >= 0.3 is 0 Å². The highest BCUT2D eigenvalue weighted by Gasteiger charge is 2.29. The summed E-state index contributed by atoms with van der Waals surface area (Å²) < 4.78 is 57.3. The van der Waals surface area contributed by atoms with Crippen LogP contribution < -0.4 is 9.47 Å². The maximum absolute atomic E-state index is 13.9. The number of hydrogen-bond donors (Lipinski definition) is 0. The second-order valence-corrected chi connectivity index (χ2v) is 7.13. The van der Waals surface area contributed by atoms with Crippen molar-refractivity contribution in [2.45, 2.75) is 31.8 Å². The molecule has 0 saturated heterocycles. The molecular weight excluding hydrogens is 393 g/mol. The van der Waals surface area contributed by atoms with Gasteiger partial charge < -0.3 is 14.2 Å². The van der Waals surface area contributed by atoms with Crippen LogP contribution >= 0.6 is 0 Å². The summed E-state index contributed by atoms with van der Waals surface area (Å²) in [5.74, 6) is -2.76. The Balaban J connectivity index is 1.33. The molecule has 1 unspecified atom stereocenters. The van der Waals surface area contributed by atoms with Gasteiger partial charge in [-0.1, -0.05) is 36.8 Å². The Morgan fingerprint density at radius 3 is 2.50 bits per heavy atom. The van der Waals surface area contributed by atoms with Crippen LogP contribution in [0, 0.1) is 17.5 Å². The van der Waals surface area contributed by atoms with Crippen molar-refractivity contribution in [2.24, 2.45) is 0 Å². The van der Waals surface area contributed by atoms with E-state index < -0.39 is 23.6 Å². The van der Waals surface area contributed by atoms with E-state index in [4.69, 9.17) is 14.2 Å². The number of halogens is 3. The molecule has 6 heteroatoms. The normalized spacial score (nSPS) is 15.4. The minimum Gasteiger partial charge on any atom is -0.464 e. The number of para-hydroxylation sites is 1. The number of benzene rings is 3. The molecule has 1 atom stereocenters. The van der Waals surface area contributed by atoms with Gasteiger partial charge in [0, 0.05) is 5.56 Å². The average molecular weight is 414 g/mol. The summed E-state index contributed by atoms with van der Waals surface area (Å²) in [6.07, 6.45) is 2.49. The first kappa shape index (κ1) is 20.3. The van der Waals surface area contributed by atoms with E-state index in [9.17, 15) is 13.2 Å². The van der Waals surface area contributed by atoms with Crippen LogP contribution in [-0.2, 0) is 11.2 Å². The van der Waals surface area contributed by atoms with Crippen molar-refractivity contribution in [3.05, 3.63) is 89.2 Å². The highest BCUT2D eigenvalue weighted by atomic mass is 19.2. The molecule has 1 aliphatic heterocycles. The van der Waals surface area contributed by atoms with Crippen LogP contribution in [-0.4, -0.2) is 6.79 Å². The molecule has 0 saturated carbocycles. The second kappa shape index (κ2) is 9.22. The molecule has 0 radical (unpaired) electrons. The summed E-state index contributed by atoms with van der Waals surface area (Å²) in [4.78, 5) is 0. The molecule has 30 heavy (non-hydrogen) atoms. The molecule has 0 N–H and O–H groups in total. The topological polar surface area (TPSA) is 27.7 Å². The Morgan fingerprint density at radius 1 is 0.867 bits per heavy atom. The summed E-state index contributed by atoms with van der Waals surface area (Å²) in [6.45, 7) is -0.182. The molecule has 4 rings (SSSR count). The molecule has 156 valence electrons. The third-order valence-electron chi connectivity index (χ3n) is 5.02. The van der Waals surface area contributed by atoms with Crippen molar-refractivity contribution >= 4 is 0 Å². The second-order valence-electron chi connectivity index (χ2n) is 7.13. The van der Waals surface area contributed by atoms with E-state index in [1.807, 2.05) is 54.6 Å². The quantitative estimate of drug-likeness (QED) is 0.317. The lowest BCUT2D eigenvalue weighted by molar-refractivity contribution is -0.0661. The Labute approximate surface area is 173 Å². The van der Waals surface area contributed by atoms with Crippen molar-refractivity contribution in [3.63, 3.8) is 0 Å². The van der Waals surface area contributed by atoms with Crippen molar-refractivity contribution in [2.75, 3.05) is 6.79 Å². The molecule has 1 heterocycles. The van der Waals surface area contributed by atoms with Crippen molar-refractivity contribution < 1.29 is 27.4 Å². The number of ether oxygens (including phenoxy) is 3. The van der Waals surface area contributed by atoms with E-state index in [0.717, 1.165) is 42.4 Å². The van der Waals surface area contributed by atoms with Crippen molar-refractivity contribution in [1.82, 2.24) is 0 Å². The first-order valence-corrected chi connectivity index (χ1v) is 9.85. The predicted molar refractivity (Wildman–Crippen MR) is 106 cm³/mol. The molecule has 0 bridgehead atoms. The summed E-state index contributed by atoms with van der Waals surface area (Å²) >= 11 is 0. The lowest BCUT2D eigenvalue weighted by atomic mass is 9.99. The molecule has 0 fully saturated rings. The van der Waals surface area contributed by atoms with E-state index in [-0.39, 0.29) is 18.1 Å². The van der Waals surface area contributed by atoms with E-state index in [2.05, 4.69) is 0 Å². The molecule has 0 amide bonds.